The van der Waals surface area contributed by atoms with E-state index in [0.29, 0.717) is 19.0 Å². The van der Waals surface area contributed by atoms with Gasteiger partial charge in [0.25, 0.3) is 0 Å². The first-order valence-corrected chi connectivity index (χ1v) is 12.4. The van der Waals surface area contributed by atoms with Crippen LogP contribution in [0.15, 0.2) is 53.0 Å². The highest BCUT2D eigenvalue weighted by Gasteiger charge is 2.13. The van der Waals surface area contributed by atoms with E-state index >= 15 is 0 Å². The second kappa shape index (κ2) is 15.9. The number of likely N-dealkylation sites (N-methyl/N-ethyl adjacent to an activating group) is 1. The Labute approximate surface area is 206 Å². The Morgan fingerprint density at radius 2 is 1.97 bits per heavy atom. The van der Waals surface area contributed by atoms with Crippen LogP contribution in [0.2, 0.25) is 0 Å². The lowest BCUT2D eigenvalue weighted by Gasteiger charge is -2.14. The monoisotopic (exact) mass is 471 g/mol. The van der Waals surface area contributed by atoms with E-state index in [9.17, 15) is 4.79 Å². The molecule has 1 rings (SSSR count). The summed E-state index contributed by atoms with van der Waals surface area (Å²) in [7, 11) is 3.89. The van der Waals surface area contributed by atoms with Crippen molar-refractivity contribution in [3.8, 4) is 0 Å². The number of guanidine groups is 1. The number of imidazole rings is 1. The highest BCUT2D eigenvalue weighted by Crippen LogP contribution is 2.13. The molecule has 0 aliphatic heterocycles. The molecule has 0 spiro atoms. The molecule has 7 heteroatoms. The van der Waals surface area contributed by atoms with E-state index in [-0.39, 0.29) is 11.9 Å². The smallest absolute Gasteiger partial charge is 0.245 e. The summed E-state index contributed by atoms with van der Waals surface area (Å²) >= 11 is 0. The van der Waals surface area contributed by atoms with E-state index in [1.54, 1.807) is 11.0 Å². The molecule has 1 amide bonds. The van der Waals surface area contributed by atoms with E-state index in [0.717, 1.165) is 45.1 Å². The van der Waals surface area contributed by atoms with Crippen LogP contribution >= 0.6 is 0 Å². The van der Waals surface area contributed by atoms with Crippen molar-refractivity contribution in [3.05, 3.63) is 53.7 Å². The van der Waals surface area contributed by atoms with Gasteiger partial charge in [-0.25, -0.2) is 9.13 Å². The number of carbonyl (C=O) groups excluding carboxylic acids is 1. The largest absolute Gasteiger partial charge is 0.370 e. The van der Waals surface area contributed by atoms with Crippen molar-refractivity contribution in [1.82, 2.24) is 9.47 Å². The third-order valence-electron chi connectivity index (χ3n) is 5.81. The lowest BCUT2D eigenvalue weighted by atomic mass is 10.0. The van der Waals surface area contributed by atoms with Crippen LogP contribution in [0.25, 0.3) is 0 Å². The van der Waals surface area contributed by atoms with Crippen LogP contribution in [0, 0.1) is 5.92 Å². The predicted octanol–water partition coefficient (Wildman–Crippen LogP) is 3.64. The molecule has 0 fully saturated rings. The standard InChI is InChI=1S/C27H47N6O/c1-22(2)10-7-11-23(3)12-8-13-24(4)14-15-26(34)31(5)19-16-25-20-33(21-32(25)6)18-9-17-30-27(28)29/h10,12,14-15,20-21,24H,7-9,11,13,16-19H2,1-6H3,(H4,28,29,30)/q+1/b15-14+,23-12+/t24-/m0/s1. The zero-order valence-electron chi connectivity index (χ0n) is 22.3. The first-order valence-electron chi connectivity index (χ1n) is 12.4. The third kappa shape index (κ3) is 13.0. The van der Waals surface area contributed by atoms with E-state index in [2.05, 4.69) is 66.5 Å². The predicted molar refractivity (Wildman–Crippen MR) is 142 cm³/mol. The van der Waals surface area contributed by atoms with Gasteiger partial charge < -0.3 is 16.4 Å². The van der Waals surface area contributed by atoms with Gasteiger partial charge in [0.05, 0.1) is 13.6 Å². The number of carbonyl (C=O) groups is 1. The summed E-state index contributed by atoms with van der Waals surface area (Å²) in [5.74, 6) is 0.567. The quantitative estimate of drug-likeness (QED) is 0.102. The molecule has 0 aliphatic carbocycles. The van der Waals surface area contributed by atoms with Crippen molar-refractivity contribution in [1.29, 1.82) is 0 Å². The number of nitrogens with zero attached hydrogens (tertiary/aromatic N) is 4. The first kappa shape index (κ1) is 29.2. The van der Waals surface area contributed by atoms with Crippen molar-refractivity contribution in [3.63, 3.8) is 0 Å². The maximum absolute atomic E-state index is 12.5. The Kier molecular flexibility index (Phi) is 13.7. The number of rotatable bonds is 15. The van der Waals surface area contributed by atoms with E-state index < -0.39 is 0 Å². The molecule has 1 aromatic rings. The fraction of sp³-hybridized carbons (Fsp3) is 0.593. The van der Waals surface area contributed by atoms with Gasteiger partial charge in [0.1, 0.15) is 11.9 Å². The van der Waals surface area contributed by atoms with Gasteiger partial charge in [-0.2, -0.15) is 0 Å². The van der Waals surface area contributed by atoms with Crippen LogP contribution in [-0.4, -0.2) is 41.5 Å². The number of hydrogen-bond donors (Lipinski definition) is 2. The van der Waals surface area contributed by atoms with Crippen LogP contribution in [-0.2, 0) is 24.8 Å². The number of aliphatic imine (C=N–C) groups is 1. The minimum Gasteiger partial charge on any atom is -0.370 e. The second-order valence-corrected chi connectivity index (χ2v) is 9.54. The second-order valence-electron chi connectivity index (χ2n) is 9.54. The molecule has 190 valence electrons. The van der Waals surface area contributed by atoms with Crippen molar-refractivity contribution in [2.24, 2.45) is 29.4 Å². The third-order valence-corrected chi connectivity index (χ3v) is 5.81. The highest BCUT2D eigenvalue weighted by atomic mass is 16.2. The SMILES string of the molecule is CC(C)=CCC/C(C)=C/CC[C@H](C)/C=C/C(=O)N(C)CCc1c[n+](CCCN=C(N)N)cn1C. The molecule has 0 saturated heterocycles. The van der Waals surface area contributed by atoms with Crippen molar-refractivity contribution >= 4 is 11.9 Å². The summed E-state index contributed by atoms with van der Waals surface area (Å²) in [5, 5.41) is 0. The molecule has 0 saturated carbocycles. The molecule has 1 atom stereocenters. The van der Waals surface area contributed by atoms with Gasteiger partial charge in [0, 0.05) is 33.0 Å². The van der Waals surface area contributed by atoms with E-state index in [4.69, 9.17) is 11.5 Å². The molecule has 7 nitrogen and oxygen atoms in total. The minimum absolute atomic E-state index is 0.0552. The van der Waals surface area contributed by atoms with Crippen molar-refractivity contribution in [2.45, 2.75) is 72.8 Å². The van der Waals surface area contributed by atoms with Crippen LogP contribution in [0.1, 0.15) is 65.5 Å². The average molecular weight is 472 g/mol. The molecule has 0 unspecified atom stereocenters. The number of aryl methyl sites for hydroxylation is 2. The molecule has 0 bridgehead atoms. The lowest BCUT2D eigenvalue weighted by molar-refractivity contribution is -0.696. The minimum atomic E-state index is 0.0552. The Balaban J connectivity index is 2.39. The summed E-state index contributed by atoms with van der Waals surface area (Å²) in [6, 6.07) is 0. The number of aromatic nitrogens is 2. The molecule has 0 aliphatic rings. The number of amides is 1. The van der Waals surface area contributed by atoms with Gasteiger partial charge in [-0.1, -0.05) is 36.3 Å². The summed E-state index contributed by atoms with van der Waals surface area (Å²) < 4.78 is 4.24. The van der Waals surface area contributed by atoms with Gasteiger partial charge in [-0.05, 0) is 58.4 Å². The number of allylic oxidation sites excluding steroid dienone is 5. The van der Waals surface area contributed by atoms with Gasteiger partial charge >= 0.3 is 0 Å². The average Bonchev–Trinajstić information content (AvgIpc) is 3.12. The Hall–Kier alpha value is -2.83. The molecule has 4 N–H and O–H groups in total. The molecule has 0 radical (unpaired) electrons. The fourth-order valence-corrected chi connectivity index (χ4v) is 3.58. The highest BCUT2D eigenvalue weighted by molar-refractivity contribution is 5.87. The molecule has 0 aromatic carbocycles. The number of nitrogens with two attached hydrogens (primary N) is 2. The number of hydrogen-bond acceptors (Lipinski definition) is 2. The van der Waals surface area contributed by atoms with Gasteiger partial charge in [-0.3, -0.25) is 9.79 Å². The molecule has 1 heterocycles. The maximum atomic E-state index is 12.5. The van der Waals surface area contributed by atoms with Crippen molar-refractivity contribution < 1.29 is 9.36 Å². The molecule has 1 aromatic heterocycles. The zero-order chi connectivity index (χ0) is 25.5. The Bertz CT molecular complexity index is 870. The first-order chi connectivity index (χ1) is 16.1. The van der Waals surface area contributed by atoms with Crippen LogP contribution < -0.4 is 16.0 Å². The molecular weight excluding hydrogens is 424 g/mol. The summed E-state index contributed by atoms with van der Waals surface area (Å²) in [4.78, 5) is 18.3. The summed E-state index contributed by atoms with van der Waals surface area (Å²) in [6.07, 6.45) is 18.6. The van der Waals surface area contributed by atoms with E-state index in [1.807, 2.05) is 20.2 Å². The normalized spacial score (nSPS) is 12.6. The summed E-state index contributed by atoms with van der Waals surface area (Å²) in [5.41, 5.74) is 14.7. The van der Waals surface area contributed by atoms with Crippen LogP contribution in [0.3, 0.4) is 0 Å². The lowest BCUT2D eigenvalue weighted by Crippen LogP contribution is -2.32. The van der Waals surface area contributed by atoms with Crippen LogP contribution in [0.5, 0.6) is 0 Å². The Morgan fingerprint density at radius 3 is 2.65 bits per heavy atom. The zero-order valence-corrected chi connectivity index (χ0v) is 22.3. The van der Waals surface area contributed by atoms with Crippen LogP contribution in [0.4, 0.5) is 0 Å². The van der Waals surface area contributed by atoms with Gasteiger partial charge in [0.2, 0.25) is 12.2 Å². The summed E-state index contributed by atoms with van der Waals surface area (Å²) in [6.45, 7) is 10.8. The molecule has 34 heavy (non-hydrogen) atoms. The van der Waals surface area contributed by atoms with E-state index in [1.165, 1.54) is 16.8 Å². The topological polar surface area (TPSA) is 93.5 Å². The van der Waals surface area contributed by atoms with Gasteiger partial charge in [0.15, 0.2) is 5.96 Å². The Morgan fingerprint density at radius 1 is 1.24 bits per heavy atom. The maximum Gasteiger partial charge on any atom is 0.245 e. The van der Waals surface area contributed by atoms with Crippen molar-refractivity contribution in [2.75, 3.05) is 20.1 Å². The van der Waals surface area contributed by atoms with Gasteiger partial charge in [-0.15, -0.1) is 0 Å². The fourth-order valence-electron chi connectivity index (χ4n) is 3.58. The molecular formula is C27H47N6O+.